The summed E-state index contributed by atoms with van der Waals surface area (Å²) in [6.45, 7) is 7.39. The number of hydrogen-bond donors (Lipinski definition) is 1. The first kappa shape index (κ1) is 16.1. The van der Waals surface area contributed by atoms with Crippen molar-refractivity contribution in [3.8, 4) is 0 Å². The lowest BCUT2D eigenvalue weighted by Gasteiger charge is -2.18. The van der Waals surface area contributed by atoms with E-state index in [1.807, 2.05) is 23.9 Å². The van der Waals surface area contributed by atoms with Crippen molar-refractivity contribution in [3.05, 3.63) is 52.3 Å². The molecule has 114 valence electrons. The summed E-state index contributed by atoms with van der Waals surface area (Å²) in [5.74, 6) is 0.443. The van der Waals surface area contributed by atoms with Gasteiger partial charge in [0.2, 0.25) is 0 Å². The zero-order chi connectivity index (χ0) is 15.4. The number of halogens is 1. The van der Waals surface area contributed by atoms with E-state index in [0.717, 1.165) is 18.0 Å². The fourth-order valence-electron chi connectivity index (χ4n) is 2.60. The van der Waals surface area contributed by atoms with E-state index in [0.29, 0.717) is 12.0 Å². The third-order valence-corrected chi connectivity index (χ3v) is 3.96. The van der Waals surface area contributed by atoms with E-state index >= 15 is 0 Å². The van der Waals surface area contributed by atoms with Gasteiger partial charge >= 0.3 is 0 Å². The summed E-state index contributed by atoms with van der Waals surface area (Å²) < 4.78 is 1.90. The number of nitrogens with zero attached hydrogens (tertiary/aromatic N) is 2. The van der Waals surface area contributed by atoms with E-state index in [1.54, 1.807) is 0 Å². The van der Waals surface area contributed by atoms with Crippen LogP contribution in [0.3, 0.4) is 0 Å². The van der Waals surface area contributed by atoms with E-state index in [2.05, 4.69) is 49.5 Å². The average Bonchev–Trinajstić information content (AvgIpc) is 2.83. The second-order valence-corrected chi connectivity index (χ2v) is 6.20. The minimum absolute atomic E-state index is 0.336. The molecule has 0 aliphatic carbocycles. The lowest BCUT2D eigenvalue weighted by molar-refractivity contribution is 0.516. The quantitative estimate of drug-likeness (QED) is 0.855. The van der Waals surface area contributed by atoms with Crippen LogP contribution in [0.5, 0.6) is 0 Å². The highest BCUT2D eigenvalue weighted by Crippen LogP contribution is 2.22. The molecule has 3 nitrogen and oxygen atoms in total. The number of aryl methyl sites for hydroxylation is 1. The van der Waals surface area contributed by atoms with Crippen LogP contribution in [0.1, 0.15) is 56.0 Å². The Balaban J connectivity index is 2.08. The molecule has 0 bridgehead atoms. The third kappa shape index (κ3) is 4.08. The van der Waals surface area contributed by atoms with Crippen molar-refractivity contribution in [3.63, 3.8) is 0 Å². The molecule has 0 spiro atoms. The molecule has 0 aliphatic rings. The van der Waals surface area contributed by atoms with Crippen molar-refractivity contribution >= 4 is 11.6 Å². The van der Waals surface area contributed by atoms with Crippen LogP contribution in [0, 0.1) is 0 Å². The summed E-state index contributed by atoms with van der Waals surface area (Å²) >= 11 is 5.96. The standard InChI is InChI=1S/C17H24ClN3/c1-5-16(13-6-8-15(18)9-7-13)19-10-14-11-21(4)20-17(14)12(2)3/h6-9,11-12,16,19H,5,10H2,1-4H3. The summed E-state index contributed by atoms with van der Waals surface area (Å²) in [4.78, 5) is 0. The van der Waals surface area contributed by atoms with Crippen molar-refractivity contribution in [2.24, 2.45) is 7.05 Å². The van der Waals surface area contributed by atoms with Crippen LogP contribution in [-0.4, -0.2) is 9.78 Å². The van der Waals surface area contributed by atoms with Crippen molar-refractivity contribution in [2.45, 2.75) is 45.7 Å². The second kappa shape index (κ2) is 7.10. The van der Waals surface area contributed by atoms with Gasteiger partial charge in [0.05, 0.1) is 5.69 Å². The Morgan fingerprint density at radius 2 is 1.90 bits per heavy atom. The number of aromatic nitrogens is 2. The van der Waals surface area contributed by atoms with Crippen molar-refractivity contribution in [1.82, 2.24) is 15.1 Å². The molecule has 1 heterocycles. The molecule has 0 saturated carbocycles. The first-order valence-corrected chi connectivity index (χ1v) is 7.90. The number of benzene rings is 1. The first-order valence-electron chi connectivity index (χ1n) is 7.52. The topological polar surface area (TPSA) is 29.9 Å². The van der Waals surface area contributed by atoms with Crippen molar-refractivity contribution < 1.29 is 0 Å². The van der Waals surface area contributed by atoms with Crippen molar-refractivity contribution in [1.29, 1.82) is 0 Å². The smallest absolute Gasteiger partial charge is 0.0694 e. The average molecular weight is 306 g/mol. The van der Waals surface area contributed by atoms with E-state index in [-0.39, 0.29) is 0 Å². The van der Waals surface area contributed by atoms with Crippen molar-refractivity contribution in [2.75, 3.05) is 0 Å². The Bertz CT molecular complexity index is 572. The SMILES string of the molecule is CCC(NCc1cn(C)nc1C(C)C)c1ccc(Cl)cc1. The molecule has 0 saturated heterocycles. The summed E-state index contributed by atoms with van der Waals surface area (Å²) in [5.41, 5.74) is 3.73. The van der Waals surface area contributed by atoms with E-state index < -0.39 is 0 Å². The Kier molecular flexibility index (Phi) is 5.43. The predicted octanol–water partition coefficient (Wildman–Crippen LogP) is 4.44. The molecule has 0 amide bonds. The fraction of sp³-hybridized carbons (Fsp3) is 0.471. The molecule has 21 heavy (non-hydrogen) atoms. The van der Waals surface area contributed by atoms with E-state index in [1.165, 1.54) is 16.8 Å². The molecule has 1 N–H and O–H groups in total. The summed E-state index contributed by atoms with van der Waals surface area (Å²) in [6, 6.07) is 8.42. The maximum absolute atomic E-state index is 5.96. The largest absolute Gasteiger partial charge is 0.306 e. The maximum atomic E-state index is 5.96. The molecule has 4 heteroatoms. The lowest BCUT2D eigenvalue weighted by atomic mass is 10.0. The maximum Gasteiger partial charge on any atom is 0.0694 e. The molecule has 2 aromatic rings. The van der Waals surface area contributed by atoms with Crippen LogP contribution in [0.4, 0.5) is 0 Å². The van der Waals surface area contributed by atoms with Gasteiger partial charge in [-0.1, -0.05) is 44.5 Å². The molecule has 0 radical (unpaired) electrons. The zero-order valence-corrected chi connectivity index (χ0v) is 14.0. The highest BCUT2D eigenvalue weighted by molar-refractivity contribution is 6.30. The Hall–Kier alpha value is -1.32. The van der Waals surface area contributed by atoms with Gasteiger partial charge in [0.25, 0.3) is 0 Å². The molecule has 1 unspecified atom stereocenters. The Morgan fingerprint density at radius 1 is 1.24 bits per heavy atom. The summed E-state index contributed by atoms with van der Waals surface area (Å²) in [5, 5.41) is 8.97. The molecule has 1 aromatic carbocycles. The highest BCUT2D eigenvalue weighted by Gasteiger charge is 2.14. The van der Waals surface area contributed by atoms with Gasteiger partial charge in [0, 0.05) is 36.4 Å². The Labute approximate surface area is 132 Å². The molecular weight excluding hydrogens is 282 g/mol. The summed E-state index contributed by atoms with van der Waals surface area (Å²) in [7, 11) is 1.98. The van der Waals surface area contributed by atoms with Gasteiger partial charge in [0.1, 0.15) is 0 Å². The van der Waals surface area contributed by atoms with Gasteiger partial charge in [0.15, 0.2) is 0 Å². The third-order valence-electron chi connectivity index (χ3n) is 3.70. The van der Waals surface area contributed by atoms with Crippen LogP contribution in [-0.2, 0) is 13.6 Å². The van der Waals surface area contributed by atoms with E-state index in [4.69, 9.17) is 11.6 Å². The van der Waals surface area contributed by atoms with Gasteiger partial charge in [-0.25, -0.2) is 0 Å². The van der Waals surface area contributed by atoms with Crippen LogP contribution in [0.25, 0.3) is 0 Å². The minimum Gasteiger partial charge on any atom is -0.306 e. The van der Waals surface area contributed by atoms with Crippen LogP contribution < -0.4 is 5.32 Å². The minimum atomic E-state index is 0.336. The van der Waals surface area contributed by atoms with Gasteiger partial charge in [-0.2, -0.15) is 5.10 Å². The second-order valence-electron chi connectivity index (χ2n) is 5.76. The highest BCUT2D eigenvalue weighted by atomic mass is 35.5. The number of hydrogen-bond acceptors (Lipinski definition) is 2. The van der Waals surface area contributed by atoms with Crippen LogP contribution >= 0.6 is 11.6 Å². The molecular formula is C17H24ClN3. The molecule has 1 atom stereocenters. The number of nitrogens with one attached hydrogen (secondary N) is 1. The van der Waals surface area contributed by atoms with Gasteiger partial charge in [-0.3, -0.25) is 4.68 Å². The summed E-state index contributed by atoms with van der Waals surface area (Å²) in [6.07, 6.45) is 3.15. The van der Waals surface area contributed by atoms with Crippen LogP contribution in [0.15, 0.2) is 30.5 Å². The number of rotatable bonds is 6. The molecule has 0 fully saturated rings. The van der Waals surface area contributed by atoms with Crippen LogP contribution in [0.2, 0.25) is 5.02 Å². The predicted molar refractivity (Wildman–Crippen MR) is 88.6 cm³/mol. The monoisotopic (exact) mass is 305 g/mol. The van der Waals surface area contributed by atoms with Gasteiger partial charge < -0.3 is 5.32 Å². The zero-order valence-electron chi connectivity index (χ0n) is 13.2. The van der Waals surface area contributed by atoms with E-state index in [9.17, 15) is 0 Å². The molecule has 0 aliphatic heterocycles. The Morgan fingerprint density at radius 3 is 2.48 bits per heavy atom. The first-order chi connectivity index (χ1) is 10.0. The normalized spacial score (nSPS) is 12.9. The van der Waals surface area contributed by atoms with Gasteiger partial charge in [-0.15, -0.1) is 0 Å². The molecule has 2 rings (SSSR count). The molecule has 1 aromatic heterocycles. The fourth-order valence-corrected chi connectivity index (χ4v) is 2.73. The van der Waals surface area contributed by atoms with Gasteiger partial charge in [-0.05, 0) is 30.0 Å². The lowest BCUT2D eigenvalue weighted by Crippen LogP contribution is -2.20.